The normalized spacial score (nSPS) is 14.8. The fourth-order valence-electron chi connectivity index (χ4n) is 7.47. The maximum Gasteiger partial charge on any atom is 0.488 e. The molecule has 13 heteroatoms. The third-order valence-corrected chi connectivity index (χ3v) is 13.0. The first-order valence-corrected chi connectivity index (χ1v) is 21.7. The van der Waals surface area contributed by atoms with Crippen LogP contribution in [0.1, 0.15) is 32.1 Å². The van der Waals surface area contributed by atoms with Crippen molar-refractivity contribution in [2.24, 2.45) is 5.92 Å². The van der Waals surface area contributed by atoms with Crippen molar-refractivity contribution >= 4 is 52.2 Å². The van der Waals surface area contributed by atoms with Gasteiger partial charge in [-0.3, -0.25) is 4.79 Å². The highest BCUT2D eigenvalue weighted by Crippen LogP contribution is 2.44. The van der Waals surface area contributed by atoms with Gasteiger partial charge in [0.1, 0.15) is 25.0 Å². The smallest absolute Gasteiger partial charge is 0.488 e. The average Bonchev–Trinajstić information content (AvgIpc) is 3.24. The number of para-hydroxylation sites is 2. The van der Waals surface area contributed by atoms with E-state index in [-0.39, 0.29) is 36.4 Å². The number of hydrogen-bond donors (Lipinski definition) is 1. The summed E-state index contributed by atoms with van der Waals surface area (Å²) < 4.78 is 54.6. The van der Waals surface area contributed by atoms with E-state index >= 15 is 0 Å². The summed E-state index contributed by atoms with van der Waals surface area (Å²) in [5, 5.41) is 4.66. The Hall–Kier alpha value is -5.23. The number of piperidine rings is 1. The molecule has 7 rings (SSSR count). The van der Waals surface area contributed by atoms with Crippen LogP contribution in [0.3, 0.4) is 0 Å². The van der Waals surface area contributed by atoms with Crippen molar-refractivity contribution in [3.63, 3.8) is 0 Å². The SMILES string of the molecule is CN(c1ccccc1)c1ccc2c(-c3ccccc3S(=O)(=O)N3CCC(C(=O)NCCCCCO[P+](=O)[O-])CC3)c3ccc(=[N+](C)c4ccccc4)cc-3oc2c1. The summed E-state index contributed by atoms with van der Waals surface area (Å²) in [6.45, 7) is 1.04. The van der Waals surface area contributed by atoms with Crippen molar-refractivity contribution < 1.29 is 31.6 Å². The standard InChI is InChI=1S/C44H45N4O7PS/c1-46(33-14-6-3-7-15-33)35-20-22-37-40(30-35)55-41-31-36(47(2)34-16-8-4-9-17-34)21-23-38(41)43(37)39-18-10-11-19-42(39)57(52,53)48-27-24-32(25-28-48)44(49)45-26-12-5-13-29-54-56(50)51/h3-4,6-11,14-23,30-32H,5,12-13,24-29H2,1-2H3/p+1. The van der Waals surface area contributed by atoms with E-state index in [1.807, 2.05) is 123 Å². The van der Waals surface area contributed by atoms with Crippen LogP contribution in [0.2, 0.25) is 0 Å². The van der Waals surface area contributed by atoms with Crippen molar-refractivity contribution in [1.82, 2.24) is 14.2 Å². The third-order valence-electron chi connectivity index (χ3n) is 10.7. The number of unbranched alkanes of at least 4 members (excludes halogenated alkanes) is 2. The number of nitrogens with zero attached hydrogens (tertiary/aromatic N) is 3. The maximum atomic E-state index is 14.6. The van der Waals surface area contributed by atoms with Crippen LogP contribution in [-0.4, -0.2) is 59.0 Å². The van der Waals surface area contributed by atoms with Crippen LogP contribution in [0.5, 0.6) is 0 Å². The maximum absolute atomic E-state index is 14.6. The molecular weight excluding hydrogens is 760 g/mol. The summed E-state index contributed by atoms with van der Waals surface area (Å²) >= 11 is 0. The minimum atomic E-state index is -3.98. The Kier molecular flexibility index (Phi) is 12.6. The molecule has 2 heterocycles. The summed E-state index contributed by atoms with van der Waals surface area (Å²) in [6.07, 6.45) is 2.81. The lowest BCUT2D eigenvalue weighted by Gasteiger charge is -2.31. The quantitative estimate of drug-likeness (QED) is 0.0520. The van der Waals surface area contributed by atoms with Gasteiger partial charge in [0, 0.05) is 90.3 Å². The van der Waals surface area contributed by atoms with Crippen LogP contribution in [0, 0.1) is 5.92 Å². The number of benzene rings is 5. The van der Waals surface area contributed by atoms with Gasteiger partial charge in [-0.05, 0) is 73.1 Å². The van der Waals surface area contributed by atoms with Crippen LogP contribution >= 0.6 is 8.25 Å². The molecule has 2 aliphatic heterocycles. The Labute approximate surface area is 334 Å². The highest BCUT2D eigenvalue weighted by molar-refractivity contribution is 7.89. The van der Waals surface area contributed by atoms with Crippen LogP contribution in [0.25, 0.3) is 33.4 Å². The Morgan fingerprint density at radius 1 is 0.877 bits per heavy atom. The second kappa shape index (κ2) is 17.9. The summed E-state index contributed by atoms with van der Waals surface area (Å²) in [5.74, 6) is 0.227. The monoisotopic (exact) mass is 805 g/mol. The number of amides is 1. The van der Waals surface area contributed by atoms with Gasteiger partial charge in [0.15, 0.2) is 0 Å². The van der Waals surface area contributed by atoms with Crippen molar-refractivity contribution in [2.75, 3.05) is 45.2 Å². The first-order chi connectivity index (χ1) is 27.6. The van der Waals surface area contributed by atoms with E-state index in [1.165, 1.54) is 4.31 Å². The van der Waals surface area contributed by atoms with Gasteiger partial charge in [-0.2, -0.15) is 8.88 Å². The molecule has 1 fully saturated rings. The van der Waals surface area contributed by atoms with E-state index in [1.54, 1.807) is 12.1 Å². The van der Waals surface area contributed by atoms with Gasteiger partial charge in [0.25, 0.3) is 0 Å². The molecule has 1 N–H and O–H groups in total. The van der Waals surface area contributed by atoms with Gasteiger partial charge in [-0.15, -0.1) is 4.52 Å². The number of sulfonamides is 1. The van der Waals surface area contributed by atoms with E-state index < -0.39 is 18.3 Å². The Morgan fingerprint density at radius 2 is 1.58 bits per heavy atom. The zero-order valence-corrected chi connectivity index (χ0v) is 33.8. The largest absolute Gasteiger partial charge is 0.566 e. The Morgan fingerprint density at radius 3 is 2.32 bits per heavy atom. The highest BCUT2D eigenvalue weighted by atomic mass is 32.2. The molecular formula is C44H46N4O7PS+. The summed E-state index contributed by atoms with van der Waals surface area (Å²) in [7, 11) is -2.82. The lowest BCUT2D eigenvalue weighted by molar-refractivity contribution is -0.185. The number of rotatable bonds is 14. The van der Waals surface area contributed by atoms with Crippen LogP contribution in [-0.2, 0) is 23.9 Å². The van der Waals surface area contributed by atoms with Gasteiger partial charge < -0.3 is 19.5 Å². The van der Waals surface area contributed by atoms with Gasteiger partial charge in [-0.25, -0.2) is 8.42 Å². The average molecular weight is 806 g/mol. The van der Waals surface area contributed by atoms with Crippen molar-refractivity contribution in [3.8, 4) is 22.5 Å². The molecule has 0 saturated carbocycles. The van der Waals surface area contributed by atoms with Crippen molar-refractivity contribution in [1.29, 1.82) is 0 Å². The molecule has 1 atom stereocenters. The predicted octanol–water partition coefficient (Wildman–Crippen LogP) is 7.43. The molecule has 0 bridgehead atoms. The molecule has 57 heavy (non-hydrogen) atoms. The summed E-state index contributed by atoms with van der Waals surface area (Å²) in [4.78, 5) is 25.8. The van der Waals surface area contributed by atoms with Gasteiger partial charge >= 0.3 is 8.25 Å². The minimum absolute atomic E-state index is 0.0909. The molecule has 3 aliphatic rings. The lowest BCUT2D eigenvalue weighted by atomic mass is 9.93. The molecule has 4 aromatic rings. The van der Waals surface area contributed by atoms with Gasteiger partial charge in [0.2, 0.25) is 27.0 Å². The molecule has 11 nitrogen and oxygen atoms in total. The molecule has 1 amide bonds. The molecule has 4 aromatic carbocycles. The number of anilines is 2. The number of nitrogens with one attached hydrogen (secondary N) is 1. The fourth-order valence-corrected chi connectivity index (χ4v) is 9.42. The van der Waals surface area contributed by atoms with Crippen LogP contribution < -0.4 is 25.0 Å². The number of carbonyl (C=O) groups excluding carboxylic acids is 1. The van der Waals surface area contributed by atoms with E-state index in [2.05, 4.69) is 19.3 Å². The van der Waals surface area contributed by atoms with E-state index in [0.29, 0.717) is 49.1 Å². The zero-order chi connectivity index (χ0) is 39.9. The number of carbonyl (C=O) groups is 1. The summed E-state index contributed by atoms with van der Waals surface area (Å²) in [6, 6.07) is 39.3. The molecule has 1 unspecified atom stereocenters. The predicted molar refractivity (Wildman–Crippen MR) is 222 cm³/mol. The van der Waals surface area contributed by atoms with Crippen molar-refractivity contribution in [3.05, 3.63) is 127 Å². The second-order valence-electron chi connectivity index (χ2n) is 14.2. The molecule has 0 radical (unpaired) electrons. The second-order valence-corrected chi connectivity index (χ2v) is 16.8. The topological polar surface area (TPSA) is 135 Å². The van der Waals surface area contributed by atoms with Crippen LogP contribution in [0.15, 0.2) is 131 Å². The minimum Gasteiger partial charge on any atom is -0.566 e. The van der Waals surface area contributed by atoms with Crippen LogP contribution in [0.4, 0.5) is 17.1 Å². The first-order valence-electron chi connectivity index (χ1n) is 19.2. The molecule has 0 aromatic heterocycles. The number of fused-ring (bicyclic) bond motifs is 2. The molecule has 1 aliphatic carbocycles. The van der Waals surface area contributed by atoms with E-state index in [0.717, 1.165) is 45.4 Å². The van der Waals surface area contributed by atoms with Gasteiger partial charge in [0.05, 0.1) is 11.0 Å². The van der Waals surface area contributed by atoms with Gasteiger partial charge in [-0.1, -0.05) is 54.6 Å². The molecule has 0 spiro atoms. The Balaban J connectivity index is 1.21. The fraction of sp³-hybridized carbons (Fsp3) is 0.273. The molecule has 1 saturated heterocycles. The number of hydrogen-bond acceptors (Lipinski definition) is 8. The highest BCUT2D eigenvalue weighted by Gasteiger charge is 2.34. The lowest BCUT2D eigenvalue weighted by Crippen LogP contribution is -2.43. The molecule has 294 valence electrons. The van der Waals surface area contributed by atoms with E-state index in [4.69, 9.17) is 4.42 Å². The summed E-state index contributed by atoms with van der Waals surface area (Å²) in [5.41, 5.74) is 5.68. The first kappa shape index (κ1) is 40.0. The zero-order valence-electron chi connectivity index (χ0n) is 32.0. The Bertz CT molecular complexity index is 2520. The third kappa shape index (κ3) is 9.01. The van der Waals surface area contributed by atoms with Crippen molar-refractivity contribution in [2.45, 2.75) is 37.0 Å². The van der Waals surface area contributed by atoms with E-state index in [9.17, 15) is 22.7 Å².